The van der Waals surface area contributed by atoms with E-state index in [-0.39, 0.29) is 11.2 Å². The minimum absolute atomic E-state index is 0.168. The average Bonchev–Trinajstić information content (AvgIpc) is 3.24. The third kappa shape index (κ3) is 2.59. The predicted octanol–water partition coefficient (Wildman–Crippen LogP) is 4.86. The SMILES string of the molecule is Fc1ccc(CC(Br)C2(c3ccccc3)CC2)cc1. The highest BCUT2D eigenvalue weighted by Crippen LogP contribution is 2.54. The summed E-state index contributed by atoms with van der Waals surface area (Å²) in [6.07, 6.45) is 3.40. The van der Waals surface area contributed by atoms with Crippen molar-refractivity contribution in [1.29, 1.82) is 0 Å². The molecule has 0 aromatic heterocycles. The Bertz CT molecular complexity index is 543. The second-order valence-electron chi connectivity index (χ2n) is 5.32. The number of rotatable bonds is 4. The lowest BCUT2D eigenvalue weighted by Gasteiger charge is -2.22. The zero-order chi connectivity index (χ0) is 13.3. The van der Waals surface area contributed by atoms with E-state index in [0.717, 1.165) is 6.42 Å². The first-order chi connectivity index (χ1) is 9.21. The lowest BCUT2D eigenvalue weighted by molar-refractivity contribution is 0.623. The van der Waals surface area contributed by atoms with Gasteiger partial charge in [0, 0.05) is 10.2 Å². The van der Waals surface area contributed by atoms with Gasteiger partial charge in [0.1, 0.15) is 5.82 Å². The molecule has 1 unspecified atom stereocenters. The third-order valence-electron chi connectivity index (χ3n) is 4.07. The van der Waals surface area contributed by atoms with Crippen LogP contribution in [0.4, 0.5) is 4.39 Å². The Morgan fingerprint density at radius 1 is 1.00 bits per heavy atom. The quantitative estimate of drug-likeness (QED) is 0.706. The fourth-order valence-corrected chi connectivity index (χ4v) is 3.81. The molecule has 1 aliphatic rings. The Balaban J connectivity index is 1.77. The normalized spacial score (nSPS) is 18.0. The molecule has 0 bridgehead atoms. The largest absolute Gasteiger partial charge is 0.207 e. The molecule has 0 nitrogen and oxygen atoms in total. The highest BCUT2D eigenvalue weighted by molar-refractivity contribution is 9.09. The van der Waals surface area contributed by atoms with Crippen LogP contribution in [0.3, 0.4) is 0 Å². The van der Waals surface area contributed by atoms with Crippen molar-refractivity contribution < 1.29 is 4.39 Å². The molecule has 1 atom stereocenters. The van der Waals surface area contributed by atoms with Crippen LogP contribution >= 0.6 is 15.9 Å². The van der Waals surface area contributed by atoms with E-state index in [0.29, 0.717) is 4.83 Å². The molecule has 0 aliphatic heterocycles. The lowest BCUT2D eigenvalue weighted by atomic mass is 9.89. The van der Waals surface area contributed by atoms with E-state index in [1.54, 1.807) is 0 Å². The molecule has 2 aromatic carbocycles. The van der Waals surface area contributed by atoms with Crippen LogP contribution in [0.25, 0.3) is 0 Å². The van der Waals surface area contributed by atoms with Crippen LogP contribution in [-0.4, -0.2) is 4.83 Å². The van der Waals surface area contributed by atoms with Gasteiger partial charge in [0.05, 0.1) is 0 Å². The van der Waals surface area contributed by atoms with Crippen molar-refractivity contribution in [3.63, 3.8) is 0 Å². The minimum atomic E-state index is -0.168. The van der Waals surface area contributed by atoms with E-state index in [1.165, 1.54) is 36.1 Å². The standard InChI is InChI=1S/C17H16BrF/c18-16(12-13-6-8-15(19)9-7-13)17(10-11-17)14-4-2-1-3-5-14/h1-9,16H,10-12H2. The van der Waals surface area contributed by atoms with Gasteiger partial charge in [-0.2, -0.15) is 0 Å². The molecule has 3 rings (SSSR count). The maximum absolute atomic E-state index is 12.9. The predicted molar refractivity (Wildman–Crippen MR) is 80.2 cm³/mol. The fourth-order valence-electron chi connectivity index (χ4n) is 2.71. The summed E-state index contributed by atoms with van der Waals surface area (Å²) in [6, 6.07) is 17.5. The zero-order valence-corrected chi connectivity index (χ0v) is 12.2. The van der Waals surface area contributed by atoms with E-state index >= 15 is 0 Å². The molecule has 0 spiro atoms. The van der Waals surface area contributed by atoms with Crippen molar-refractivity contribution >= 4 is 15.9 Å². The zero-order valence-electron chi connectivity index (χ0n) is 10.7. The van der Waals surface area contributed by atoms with Gasteiger partial charge in [-0.15, -0.1) is 0 Å². The fraction of sp³-hybridized carbons (Fsp3) is 0.294. The van der Waals surface area contributed by atoms with E-state index in [4.69, 9.17) is 0 Å². The summed E-state index contributed by atoms with van der Waals surface area (Å²) in [7, 11) is 0. The average molecular weight is 319 g/mol. The van der Waals surface area contributed by atoms with E-state index < -0.39 is 0 Å². The van der Waals surface area contributed by atoms with Gasteiger partial charge >= 0.3 is 0 Å². The Morgan fingerprint density at radius 2 is 1.63 bits per heavy atom. The summed E-state index contributed by atoms with van der Waals surface area (Å²) in [5.74, 6) is -0.168. The number of benzene rings is 2. The molecule has 0 saturated heterocycles. The molecule has 0 amide bonds. The van der Waals surface area contributed by atoms with Gasteiger partial charge in [-0.05, 0) is 42.5 Å². The highest BCUT2D eigenvalue weighted by Gasteiger charge is 2.49. The van der Waals surface area contributed by atoms with Gasteiger partial charge in [-0.3, -0.25) is 0 Å². The molecule has 0 radical (unpaired) electrons. The molecule has 1 aliphatic carbocycles. The van der Waals surface area contributed by atoms with Crippen LogP contribution in [0.2, 0.25) is 0 Å². The molecule has 19 heavy (non-hydrogen) atoms. The van der Waals surface area contributed by atoms with Gasteiger partial charge in [0.2, 0.25) is 0 Å². The molecule has 2 heteroatoms. The molecule has 0 N–H and O–H groups in total. The maximum Gasteiger partial charge on any atom is 0.123 e. The van der Waals surface area contributed by atoms with Crippen molar-refractivity contribution in [2.75, 3.05) is 0 Å². The minimum Gasteiger partial charge on any atom is -0.207 e. The summed E-state index contributed by atoms with van der Waals surface area (Å²) in [4.78, 5) is 0.410. The van der Waals surface area contributed by atoms with Gasteiger partial charge in [-0.25, -0.2) is 4.39 Å². The van der Waals surface area contributed by atoms with Crippen LogP contribution in [0.15, 0.2) is 54.6 Å². The van der Waals surface area contributed by atoms with E-state index in [9.17, 15) is 4.39 Å². The van der Waals surface area contributed by atoms with Crippen molar-refractivity contribution in [2.24, 2.45) is 0 Å². The monoisotopic (exact) mass is 318 g/mol. The van der Waals surface area contributed by atoms with Crippen LogP contribution in [0.5, 0.6) is 0 Å². The number of hydrogen-bond acceptors (Lipinski definition) is 0. The van der Waals surface area contributed by atoms with Crippen molar-refractivity contribution in [3.8, 4) is 0 Å². The van der Waals surface area contributed by atoms with Gasteiger partial charge < -0.3 is 0 Å². The van der Waals surface area contributed by atoms with Crippen LogP contribution in [0.1, 0.15) is 24.0 Å². The summed E-state index contributed by atoms with van der Waals surface area (Å²) in [5.41, 5.74) is 2.87. The molecule has 1 fully saturated rings. The first-order valence-electron chi connectivity index (χ1n) is 6.65. The lowest BCUT2D eigenvalue weighted by Crippen LogP contribution is -2.22. The summed E-state index contributed by atoms with van der Waals surface area (Å²) in [5, 5.41) is 0. The Labute approximate surface area is 121 Å². The number of alkyl halides is 1. The Kier molecular flexibility index (Phi) is 3.44. The van der Waals surface area contributed by atoms with Crippen molar-refractivity contribution in [2.45, 2.75) is 29.5 Å². The summed E-state index contributed by atoms with van der Waals surface area (Å²) in [6.45, 7) is 0. The van der Waals surface area contributed by atoms with Crippen molar-refractivity contribution in [1.82, 2.24) is 0 Å². The van der Waals surface area contributed by atoms with E-state index in [1.807, 2.05) is 12.1 Å². The molecular weight excluding hydrogens is 303 g/mol. The number of halogens is 2. The van der Waals surface area contributed by atoms with Crippen LogP contribution in [-0.2, 0) is 11.8 Å². The molecule has 98 valence electrons. The summed E-state index contributed by atoms with van der Waals surface area (Å²) < 4.78 is 12.9. The van der Waals surface area contributed by atoms with Gasteiger partial charge in [0.25, 0.3) is 0 Å². The highest BCUT2D eigenvalue weighted by atomic mass is 79.9. The van der Waals surface area contributed by atoms with Crippen LogP contribution in [0, 0.1) is 5.82 Å². The first-order valence-corrected chi connectivity index (χ1v) is 7.56. The Morgan fingerprint density at radius 3 is 2.21 bits per heavy atom. The molecule has 0 heterocycles. The van der Waals surface area contributed by atoms with E-state index in [2.05, 4.69) is 46.3 Å². The third-order valence-corrected chi connectivity index (χ3v) is 5.27. The smallest absolute Gasteiger partial charge is 0.123 e. The molecule has 2 aromatic rings. The molecule has 1 saturated carbocycles. The molecular formula is C17H16BrF. The first kappa shape index (κ1) is 12.9. The van der Waals surface area contributed by atoms with Gasteiger partial charge in [0.15, 0.2) is 0 Å². The second-order valence-corrected chi connectivity index (χ2v) is 6.43. The van der Waals surface area contributed by atoms with Crippen molar-refractivity contribution in [3.05, 3.63) is 71.5 Å². The number of hydrogen-bond donors (Lipinski definition) is 0. The second kappa shape index (κ2) is 5.09. The Hall–Kier alpha value is -1.15. The van der Waals surface area contributed by atoms with Gasteiger partial charge in [-0.1, -0.05) is 58.4 Å². The summed E-state index contributed by atoms with van der Waals surface area (Å²) >= 11 is 3.86. The maximum atomic E-state index is 12.9. The van der Waals surface area contributed by atoms with Crippen LogP contribution < -0.4 is 0 Å². The topological polar surface area (TPSA) is 0 Å².